The van der Waals surface area contributed by atoms with Crippen LogP contribution >= 0.6 is 0 Å². The highest BCUT2D eigenvalue weighted by atomic mass is 16.2. The largest absolute Gasteiger partial charge is 0.357 e. The van der Waals surface area contributed by atoms with Crippen LogP contribution in [0.15, 0.2) is 85.1 Å². The average molecular weight is 359 g/mol. The standard InChI is InChI=1S/C22H21N3O2/c1-23-21(26)20(19-14-8-9-15-24-19)25(16-17-10-4-2-5-11-17)22(27)18-12-6-3-7-13-18/h2-15,20H,16H2,1H3,(H,23,26). The maximum Gasteiger partial charge on any atom is 0.255 e. The van der Waals surface area contributed by atoms with E-state index in [4.69, 9.17) is 0 Å². The van der Waals surface area contributed by atoms with Crippen LogP contribution in [0.25, 0.3) is 0 Å². The van der Waals surface area contributed by atoms with E-state index in [-0.39, 0.29) is 11.8 Å². The summed E-state index contributed by atoms with van der Waals surface area (Å²) in [6.45, 7) is 0.295. The molecule has 5 nitrogen and oxygen atoms in total. The lowest BCUT2D eigenvalue weighted by atomic mass is 10.1. The zero-order chi connectivity index (χ0) is 19.1. The number of hydrogen-bond acceptors (Lipinski definition) is 3. The molecule has 27 heavy (non-hydrogen) atoms. The third-order valence-corrected chi connectivity index (χ3v) is 4.25. The number of nitrogens with zero attached hydrogens (tertiary/aromatic N) is 2. The fourth-order valence-electron chi connectivity index (χ4n) is 2.92. The summed E-state index contributed by atoms with van der Waals surface area (Å²) in [6.07, 6.45) is 1.62. The molecule has 0 spiro atoms. The molecule has 0 fully saturated rings. The molecule has 3 rings (SSSR count). The van der Waals surface area contributed by atoms with Crippen molar-refractivity contribution in [3.05, 3.63) is 102 Å². The van der Waals surface area contributed by atoms with Crippen molar-refractivity contribution in [2.45, 2.75) is 12.6 Å². The lowest BCUT2D eigenvalue weighted by Gasteiger charge is -2.30. The van der Waals surface area contributed by atoms with E-state index >= 15 is 0 Å². The Morgan fingerprint density at radius 3 is 2.15 bits per heavy atom. The minimum atomic E-state index is -0.830. The second-order valence-electron chi connectivity index (χ2n) is 6.06. The van der Waals surface area contributed by atoms with Crippen molar-refractivity contribution >= 4 is 11.8 Å². The molecule has 1 unspecified atom stereocenters. The highest BCUT2D eigenvalue weighted by molar-refractivity contribution is 5.97. The summed E-state index contributed by atoms with van der Waals surface area (Å²) in [4.78, 5) is 31.9. The number of benzene rings is 2. The molecule has 136 valence electrons. The van der Waals surface area contributed by atoms with Gasteiger partial charge in [-0.3, -0.25) is 14.6 Å². The number of nitrogens with one attached hydrogen (secondary N) is 1. The Morgan fingerprint density at radius 1 is 0.926 bits per heavy atom. The predicted octanol–water partition coefficient (Wildman–Crippen LogP) is 3.21. The lowest BCUT2D eigenvalue weighted by molar-refractivity contribution is -0.125. The molecular formula is C22H21N3O2. The Labute approximate surface area is 158 Å². The minimum absolute atomic E-state index is 0.223. The van der Waals surface area contributed by atoms with E-state index in [1.54, 1.807) is 42.4 Å². The number of carbonyl (C=O) groups excluding carboxylic acids is 2. The van der Waals surface area contributed by atoms with Crippen molar-refractivity contribution in [1.29, 1.82) is 0 Å². The van der Waals surface area contributed by atoms with Gasteiger partial charge in [-0.2, -0.15) is 0 Å². The minimum Gasteiger partial charge on any atom is -0.357 e. The van der Waals surface area contributed by atoms with Gasteiger partial charge in [0.1, 0.15) is 0 Å². The predicted molar refractivity (Wildman–Crippen MR) is 104 cm³/mol. The summed E-state index contributed by atoms with van der Waals surface area (Å²) < 4.78 is 0. The first-order chi connectivity index (χ1) is 13.2. The van der Waals surface area contributed by atoms with Crippen molar-refractivity contribution in [3.8, 4) is 0 Å². The lowest BCUT2D eigenvalue weighted by Crippen LogP contribution is -2.42. The summed E-state index contributed by atoms with van der Waals surface area (Å²) in [5, 5.41) is 2.66. The Morgan fingerprint density at radius 2 is 1.56 bits per heavy atom. The van der Waals surface area contributed by atoms with Crippen molar-refractivity contribution in [1.82, 2.24) is 15.2 Å². The van der Waals surface area contributed by atoms with Gasteiger partial charge in [-0.1, -0.05) is 54.6 Å². The van der Waals surface area contributed by atoms with Crippen molar-refractivity contribution in [2.24, 2.45) is 0 Å². The quantitative estimate of drug-likeness (QED) is 0.735. The van der Waals surface area contributed by atoms with Crippen molar-refractivity contribution in [2.75, 3.05) is 7.05 Å². The maximum absolute atomic E-state index is 13.3. The zero-order valence-corrected chi connectivity index (χ0v) is 15.1. The SMILES string of the molecule is CNC(=O)C(c1ccccn1)N(Cc1ccccc1)C(=O)c1ccccc1. The molecular weight excluding hydrogens is 338 g/mol. The Bertz CT molecular complexity index is 883. The molecule has 1 heterocycles. The topological polar surface area (TPSA) is 62.3 Å². The maximum atomic E-state index is 13.3. The van der Waals surface area contributed by atoms with Gasteiger partial charge in [0.2, 0.25) is 5.91 Å². The van der Waals surface area contributed by atoms with E-state index < -0.39 is 6.04 Å². The molecule has 5 heteroatoms. The molecule has 0 bridgehead atoms. The van der Waals surface area contributed by atoms with Crippen LogP contribution in [-0.2, 0) is 11.3 Å². The molecule has 0 aliphatic heterocycles. The van der Waals surface area contributed by atoms with Gasteiger partial charge < -0.3 is 10.2 Å². The fourth-order valence-corrected chi connectivity index (χ4v) is 2.92. The van der Waals surface area contributed by atoms with Crippen LogP contribution in [0.2, 0.25) is 0 Å². The van der Waals surface area contributed by atoms with Crippen LogP contribution in [-0.4, -0.2) is 28.7 Å². The van der Waals surface area contributed by atoms with E-state index in [1.165, 1.54) is 0 Å². The van der Waals surface area contributed by atoms with Gasteiger partial charge in [-0.15, -0.1) is 0 Å². The Balaban J connectivity index is 2.05. The molecule has 2 aromatic carbocycles. The third-order valence-electron chi connectivity index (χ3n) is 4.25. The first-order valence-corrected chi connectivity index (χ1v) is 8.73. The molecule has 0 aliphatic carbocycles. The number of amides is 2. The smallest absolute Gasteiger partial charge is 0.255 e. The molecule has 1 atom stereocenters. The number of rotatable bonds is 6. The van der Waals surface area contributed by atoms with Gasteiger partial charge in [0, 0.05) is 25.4 Å². The van der Waals surface area contributed by atoms with Gasteiger partial charge in [-0.25, -0.2) is 0 Å². The van der Waals surface area contributed by atoms with Gasteiger partial charge >= 0.3 is 0 Å². The molecule has 1 N–H and O–H groups in total. The summed E-state index contributed by atoms with van der Waals surface area (Å²) in [5.74, 6) is -0.507. The molecule has 3 aromatic rings. The summed E-state index contributed by atoms with van der Waals surface area (Å²) >= 11 is 0. The van der Waals surface area contributed by atoms with Crippen LogP contribution in [0, 0.1) is 0 Å². The third kappa shape index (κ3) is 4.39. The van der Waals surface area contributed by atoms with E-state index in [9.17, 15) is 9.59 Å². The molecule has 0 aliphatic rings. The van der Waals surface area contributed by atoms with Crippen molar-refractivity contribution in [3.63, 3.8) is 0 Å². The molecule has 2 amide bonds. The van der Waals surface area contributed by atoms with E-state index in [0.29, 0.717) is 17.8 Å². The number of aromatic nitrogens is 1. The zero-order valence-electron chi connectivity index (χ0n) is 15.1. The average Bonchev–Trinajstić information content (AvgIpc) is 2.74. The number of pyridine rings is 1. The molecule has 0 saturated carbocycles. The van der Waals surface area contributed by atoms with E-state index in [1.807, 2.05) is 54.6 Å². The van der Waals surface area contributed by atoms with Gasteiger partial charge in [0.05, 0.1) is 5.69 Å². The summed E-state index contributed by atoms with van der Waals surface area (Å²) in [5.41, 5.74) is 1.99. The number of likely N-dealkylation sites (N-methyl/N-ethyl adjacent to an activating group) is 1. The monoisotopic (exact) mass is 359 g/mol. The fraction of sp³-hybridized carbons (Fsp3) is 0.136. The van der Waals surface area contributed by atoms with Gasteiger partial charge in [0.15, 0.2) is 6.04 Å². The van der Waals surface area contributed by atoms with Crippen LogP contribution in [0.3, 0.4) is 0 Å². The Hall–Kier alpha value is -3.47. The molecule has 0 saturated heterocycles. The van der Waals surface area contributed by atoms with E-state index in [0.717, 1.165) is 5.56 Å². The number of hydrogen-bond donors (Lipinski definition) is 1. The van der Waals surface area contributed by atoms with Crippen LogP contribution in [0.4, 0.5) is 0 Å². The van der Waals surface area contributed by atoms with Crippen LogP contribution in [0.5, 0.6) is 0 Å². The van der Waals surface area contributed by atoms with E-state index in [2.05, 4.69) is 10.3 Å². The summed E-state index contributed by atoms with van der Waals surface area (Å²) in [7, 11) is 1.56. The molecule has 1 aromatic heterocycles. The summed E-state index contributed by atoms with van der Waals surface area (Å²) in [6, 6.07) is 23.1. The first-order valence-electron chi connectivity index (χ1n) is 8.73. The number of carbonyl (C=O) groups is 2. The highest BCUT2D eigenvalue weighted by Crippen LogP contribution is 2.24. The first kappa shape index (κ1) is 18.3. The highest BCUT2D eigenvalue weighted by Gasteiger charge is 2.32. The second-order valence-corrected chi connectivity index (χ2v) is 6.06. The van der Waals surface area contributed by atoms with Crippen molar-refractivity contribution < 1.29 is 9.59 Å². The molecule has 0 radical (unpaired) electrons. The van der Waals surface area contributed by atoms with Gasteiger partial charge in [0.25, 0.3) is 5.91 Å². The second kappa shape index (κ2) is 8.76. The van der Waals surface area contributed by atoms with Crippen LogP contribution in [0.1, 0.15) is 27.7 Å². The van der Waals surface area contributed by atoms with Crippen LogP contribution < -0.4 is 5.32 Å². The van der Waals surface area contributed by atoms with Gasteiger partial charge in [-0.05, 0) is 29.8 Å². The Kier molecular flexibility index (Phi) is 5.94. The normalized spacial score (nSPS) is 11.4.